The Balaban J connectivity index is 1.44. The van der Waals surface area contributed by atoms with Gasteiger partial charge in [0.2, 0.25) is 17.7 Å². The van der Waals surface area contributed by atoms with Crippen LogP contribution in [0.4, 0.5) is 0 Å². The van der Waals surface area contributed by atoms with Gasteiger partial charge in [0.25, 0.3) is 0 Å². The van der Waals surface area contributed by atoms with Gasteiger partial charge in [-0.3, -0.25) is 14.4 Å². The van der Waals surface area contributed by atoms with Gasteiger partial charge in [-0.1, -0.05) is 36.4 Å². The molecule has 232 valence electrons. The van der Waals surface area contributed by atoms with Gasteiger partial charge in [0.1, 0.15) is 18.1 Å². The molecule has 2 aromatic heterocycles. The highest BCUT2D eigenvalue weighted by molar-refractivity contribution is 7.98. The molecule has 0 aliphatic carbocycles. The van der Waals surface area contributed by atoms with Crippen LogP contribution in [0.1, 0.15) is 30.4 Å². The van der Waals surface area contributed by atoms with E-state index < -0.39 is 47.9 Å². The van der Waals surface area contributed by atoms with Gasteiger partial charge in [-0.05, 0) is 54.5 Å². The van der Waals surface area contributed by atoms with Gasteiger partial charge >= 0.3 is 5.97 Å². The molecule has 44 heavy (non-hydrogen) atoms. The number of aliphatic carboxylic acids is 1. The molecular formula is C32H38N6O5S. The Bertz CT molecular complexity index is 1650. The molecule has 7 N–H and O–H groups in total. The number of aromatic nitrogens is 2. The Morgan fingerprint density at radius 2 is 1.50 bits per heavy atom. The molecular weight excluding hydrogens is 580 g/mol. The number of carboxylic acids is 1. The van der Waals surface area contributed by atoms with Gasteiger partial charge < -0.3 is 36.3 Å². The summed E-state index contributed by atoms with van der Waals surface area (Å²) >= 11 is 1.58. The number of thioether (sulfide) groups is 1. The lowest BCUT2D eigenvalue weighted by Gasteiger charge is -2.29. The number of hydrogen-bond acceptors (Lipinski definition) is 6. The van der Waals surface area contributed by atoms with E-state index in [4.69, 9.17) is 5.73 Å². The Morgan fingerprint density at radius 1 is 0.932 bits per heavy atom. The van der Waals surface area contributed by atoms with Gasteiger partial charge in [0, 0.05) is 53.6 Å². The number of nitrogens with zero attached hydrogens (tertiary/aromatic N) is 1. The zero-order valence-electron chi connectivity index (χ0n) is 24.5. The molecule has 1 aliphatic rings. The Kier molecular flexibility index (Phi) is 9.91. The van der Waals surface area contributed by atoms with Crippen molar-refractivity contribution in [1.82, 2.24) is 25.5 Å². The van der Waals surface area contributed by atoms with Crippen molar-refractivity contribution in [2.45, 2.75) is 56.3 Å². The van der Waals surface area contributed by atoms with Crippen LogP contribution in [0.5, 0.6) is 0 Å². The molecule has 2 aromatic carbocycles. The number of fused-ring (bicyclic) bond motifs is 2. The van der Waals surface area contributed by atoms with E-state index in [1.807, 2.05) is 54.8 Å². The molecule has 0 radical (unpaired) electrons. The first-order chi connectivity index (χ1) is 21.3. The quantitative estimate of drug-likeness (QED) is 0.134. The largest absolute Gasteiger partial charge is 0.480 e. The summed E-state index contributed by atoms with van der Waals surface area (Å²) in [5, 5.41) is 17.3. The van der Waals surface area contributed by atoms with E-state index in [0.29, 0.717) is 25.0 Å². The molecule has 3 heterocycles. The highest BCUT2D eigenvalue weighted by atomic mass is 32.2. The first kappa shape index (κ1) is 31.1. The molecule has 5 rings (SSSR count). The van der Waals surface area contributed by atoms with Crippen molar-refractivity contribution >= 4 is 57.3 Å². The fourth-order valence-corrected chi connectivity index (χ4v) is 6.35. The van der Waals surface area contributed by atoms with Gasteiger partial charge in [-0.15, -0.1) is 0 Å². The molecule has 11 nitrogen and oxygen atoms in total. The molecule has 0 bridgehead atoms. The second-order valence-electron chi connectivity index (χ2n) is 11.2. The normalized spacial score (nSPS) is 17.0. The van der Waals surface area contributed by atoms with Crippen LogP contribution in [0.15, 0.2) is 60.9 Å². The molecule has 0 saturated carbocycles. The third-order valence-corrected chi connectivity index (χ3v) is 8.88. The number of likely N-dealkylation sites (tertiary alicyclic amines) is 1. The summed E-state index contributed by atoms with van der Waals surface area (Å²) in [4.78, 5) is 60.8. The summed E-state index contributed by atoms with van der Waals surface area (Å²) < 4.78 is 0. The number of rotatable bonds is 13. The van der Waals surface area contributed by atoms with Crippen LogP contribution in [-0.4, -0.2) is 86.4 Å². The number of aromatic amines is 2. The first-order valence-electron chi connectivity index (χ1n) is 14.7. The summed E-state index contributed by atoms with van der Waals surface area (Å²) in [5.74, 6) is -1.86. The highest BCUT2D eigenvalue weighted by Crippen LogP contribution is 2.24. The predicted molar refractivity (Wildman–Crippen MR) is 171 cm³/mol. The number of hydrogen-bond donors (Lipinski definition) is 6. The molecule has 0 spiro atoms. The van der Waals surface area contributed by atoms with E-state index in [2.05, 4.69) is 20.6 Å². The molecule has 3 amide bonds. The summed E-state index contributed by atoms with van der Waals surface area (Å²) in [6.07, 6.45) is 7.18. The van der Waals surface area contributed by atoms with Crippen LogP contribution in [-0.2, 0) is 32.0 Å². The zero-order chi connectivity index (χ0) is 31.2. The smallest absolute Gasteiger partial charge is 0.326 e. The number of carbonyl (C=O) groups excluding carboxylic acids is 3. The Labute approximate surface area is 259 Å². The molecule has 12 heteroatoms. The van der Waals surface area contributed by atoms with Crippen LogP contribution in [0.3, 0.4) is 0 Å². The topological polar surface area (TPSA) is 173 Å². The predicted octanol–water partition coefficient (Wildman–Crippen LogP) is 2.56. The maximum atomic E-state index is 14.0. The maximum Gasteiger partial charge on any atom is 0.326 e. The lowest BCUT2D eigenvalue weighted by Crippen LogP contribution is -2.58. The van der Waals surface area contributed by atoms with Crippen molar-refractivity contribution in [3.63, 3.8) is 0 Å². The molecule has 4 unspecified atom stereocenters. The molecule has 1 aliphatic heterocycles. The van der Waals surface area contributed by atoms with Gasteiger partial charge in [0.05, 0.1) is 6.04 Å². The van der Waals surface area contributed by atoms with Crippen LogP contribution < -0.4 is 16.4 Å². The maximum absolute atomic E-state index is 14.0. The van der Waals surface area contributed by atoms with Crippen molar-refractivity contribution in [2.75, 3.05) is 18.6 Å². The van der Waals surface area contributed by atoms with E-state index >= 15 is 0 Å². The minimum Gasteiger partial charge on any atom is -0.480 e. The third-order valence-electron chi connectivity index (χ3n) is 8.24. The van der Waals surface area contributed by atoms with E-state index in [0.717, 1.165) is 32.9 Å². The molecule has 1 saturated heterocycles. The standard InChI is InChI=1S/C32H38N6O5S/c1-44-14-12-23(33)29(39)36-26(15-19-17-34-24-9-4-2-7-21(19)24)30(40)37-27(31(41)38-13-6-11-28(38)32(42)43)16-20-18-35-25-10-5-3-8-22(20)25/h2-5,7-10,17-18,23,26-28,34-35H,6,11-16,33H2,1H3,(H,36,39)(H,37,40)(H,42,43). The molecule has 4 aromatic rings. The lowest BCUT2D eigenvalue weighted by atomic mass is 10.0. The average molecular weight is 619 g/mol. The average Bonchev–Trinajstić information content (AvgIpc) is 3.78. The lowest BCUT2D eigenvalue weighted by molar-refractivity contribution is -0.149. The summed E-state index contributed by atoms with van der Waals surface area (Å²) in [6, 6.07) is 11.5. The number of benzene rings is 2. The number of nitrogens with two attached hydrogens (primary N) is 1. The van der Waals surface area contributed by atoms with Crippen molar-refractivity contribution in [3.05, 3.63) is 72.1 Å². The zero-order valence-corrected chi connectivity index (χ0v) is 25.4. The summed E-state index contributed by atoms with van der Waals surface area (Å²) in [5.41, 5.74) is 9.56. The number of nitrogens with one attached hydrogen (secondary N) is 4. The van der Waals surface area contributed by atoms with Crippen molar-refractivity contribution in [3.8, 4) is 0 Å². The van der Waals surface area contributed by atoms with Crippen molar-refractivity contribution in [2.24, 2.45) is 5.73 Å². The van der Waals surface area contributed by atoms with E-state index in [1.165, 1.54) is 4.90 Å². The number of amides is 3. The SMILES string of the molecule is CSCCC(N)C(=O)NC(Cc1c[nH]c2ccccc12)C(=O)NC(Cc1c[nH]c2ccccc12)C(=O)N1CCCC1C(=O)O. The van der Waals surface area contributed by atoms with Crippen LogP contribution >= 0.6 is 11.8 Å². The van der Waals surface area contributed by atoms with Gasteiger partial charge in [-0.25, -0.2) is 4.79 Å². The third kappa shape index (κ3) is 6.92. The molecule has 1 fully saturated rings. The minimum absolute atomic E-state index is 0.137. The van der Waals surface area contributed by atoms with E-state index in [9.17, 15) is 24.3 Å². The van der Waals surface area contributed by atoms with E-state index in [-0.39, 0.29) is 19.4 Å². The number of H-pyrrole nitrogens is 2. The van der Waals surface area contributed by atoms with Crippen LogP contribution in [0.2, 0.25) is 0 Å². The second-order valence-corrected chi connectivity index (χ2v) is 12.2. The van der Waals surface area contributed by atoms with E-state index in [1.54, 1.807) is 24.2 Å². The highest BCUT2D eigenvalue weighted by Gasteiger charge is 2.39. The number of carbonyl (C=O) groups is 4. The minimum atomic E-state index is -1.07. The number of para-hydroxylation sites is 2. The van der Waals surface area contributed by atoms with Gasteiger partial charge in [-0.2, -0.15) is 11.8 Å². The Hall–Kier alpha value is -4.29. The van der Waals surface area contributed by atoms with Gasteiger partial charge in [0.15, 0.2) is 0 Å². The summed E-state index contributed by atoms with van der Waals surface area (Å²) in [6.45, 7) is 0.288. The Morgan fingerprint density at radius 3 is 2.09 bits per heavy atom. The number of carboxylic acid groups (broad SMARTS) is 1. The van der Waals surface area contributed by atoms with Crippen LogP contribution in [0, 0.1) is 0 Å². The fourth-order valence-electron chi connectivity index (χ4n) is 5.86. The van der Waals surface area contributed by atoms with Crippen molar-refractivity contribution < 1.29 is 24.3 Å². The second kappa shape index (κ2) is 14.0. The molecule has 4 atom stereocenters. The van der Waals surface area contributed by atoms with Crippen LogP contribution in [0.25, 0.3) is 21.8 Å². The first-order valence-corrected chi connectivity index (χ1v) is 16.1. The fraction of sp³-hybridized carbons (Fsp3) is 0.375. The monoisotopic (exact) mass is 618 g/mol. The summed E-state index contributed by atoms with van der Waals surface area (Å²) in [7, 11) is 0. The van der Waals surface area contributed by atoms with Crippen molar-refractivity contribution in [1.29, 1.82) is 0 Å².